The van der Waals surface area contributed by atoms with Gasteiger partial charge in [-0.1, -0.05) is 12.1 Å². The van der Waals surface area contributed by atoms with Crippen molar-refractivity contribution in [2.45, 2.75) is 6.42 Å². The van der Waals surface area contributed by atoms with Crippen molar-refractivity contribution in [3.63, 3.8) is 0 Å². The number of piperazine rings is 1. The van der Waals surface area contributed by atoms with E-state index in [0.29, 0.717) is 24.2 Å². The smallest absolute Gasteiger partial charge is 0.225 e. The zero-order valence-corrected chi connectivity index (χ0v) is 15.9. The lowest BCUT2D eigenvalue weighted by atomic mass is 10.2. The largest absolute Gasteiger partial charge is 0.354 e. The van der Waals surface area contributed by atoms with Crippen LogP contribution in [0.5, 0.6) is 0 Å². The van der Waals surface area contributed by atoms with Crippen LogP contribution in [0.2, 0.25) is 0 Å². The van der Waals surface area contributed by atoms with Gasteiger partial charge >= 0.3 is 0 Å². The molecule has 1 aliphatic heterocycles. The highest BCUT2D eigenvalue weighted by molar-refractivity contribution is 9.10. The Kier molecular flexibility index (Phi) is 6.21. The van der Waals surface area contributed by atoms with Gasteiger partial charge in [-0.25, -0.2) is 4.98 Å². The third-order valence-electron chi connectivity index (χ3n) is 4.38. The van der Waals surface area contributed by atoms with E-state index in [2.05, 4.69) is 42.1 Å². The summed E-state index contributed by atoms with van der Waals surface area (Å²) in [5, 5.41) is 11.9. The molecule has 0 bridgehead atoms. The molecule has 0 radical (unpaired) electrons. The van der Waals surface area contributed by atoms with Crippen molar-refractivity contribution < 1.29 is 4.79 Å². The number of halogens is 1. The van der Waals surface area contributed by atoms with Gasteiger partial charge in [-0.3, -0.25) is 9.69 Å². The van der Waals surface area contributed by atoms with Crippen LogP contribution in [-0.4, -0.2) is 48.5 Å². The monoisotopic (exact) mass is 413 g/mol. The number of para-hydroxylation sites is 1. The Bertz CT molecular complexity index is 794. The summed E-state index contributed by atoms with van der Waals surface area (Å²) < 4.78 is 0.976. The molecule has 0 aliphatic carbocycles. The van der Waals surface area contributed by atoms with Crippen molar-refractivity contribution in [1.82, 2.24) is 9.88 Å². The maximum absolute atomic E-state index is 12.2. The van der Waals surface area contributed by atoms with E-state index in [1.807, 2.05) is 24.4 Å². The van der Waals surface area contributed by atoms with Crippen LogP contribution in [0.25, 0.3) is 0 Å². The van der Waals surface area contributed by atoms with Crippen molar-refractivity contribution in [3.05, 3.63) is 52.6 Å². The molecular weight excluding hydrogens is 394 g/mol. The van der Waals surface area contributed by atoms with Crippen molar-refractivity contribution >= 4 is 33.3 Å². The summed E-state index contributed by atoms with van der Waals surface area (Å²) in [6.07, 6.45) is 2.22. The summed E-state index contributed by atoms with van der Waals surface area (Å²) in [7, 11) is 0. The number of hydrogen-bond donors (Lipinski definition) is 1. The number of carbonyl (C=O) groups excluding carboxylic acids is 1. The van der Waals surface area contributed by atoms with Crippen LogP contribution < -0.4 is 10.2 Å². The Labute approximate surface area is 161 Å². The Morgan fingerprint density at radius 1 is 1.19 bits per heavy atom. The fourth-order valence-corrected chi connectivity index (χ4v) is 3.15. The van der Waals surface area contributed by atoms with E-state index in [-0.39, 0.29) is 5.91 Å². The first-order valence-corrected chi connectivity index (χ1v) is 9.33. The van der Waals surface area contributed by atoms with Crippen molar-refractivity contribution in [2.24, 2.45) is 0 Å². The maximum atomic E-state index is 12.2. The zero-order chi connectivity index (χ0) is 18.4. The molecule has 134 valence electrons. The minimum Gasteiger partial charge on any atom is -0.354 e. The molecule has 26 heavy (non-hydrogen) atoms. The molecule has 1 N–H and O–H groups in total. The van der Waals surface area contributed by atoms with E-state index in [1.54, 1.807) is 18.2 Å². The quantitative estimate of drug-likeness (QED) is 0.815. The van der Waals surface area contributed by atoms with Gasteiger partial charge < -0.3 is 10.2 Å². The van der Waals surface area contributed by atoms with Crippen molar-refractivity contribution in [2.75, 3.05) is 42.9 Å². The molecule has 0 saturated carbocycles. The van der Waals surface area contributed by atoms with Gasteiger partial charge in [-0.05, 0) is 40.2 Å². The average molecular weight is 414 g/mol. The first-order chi connectivity index (χ1) is 12.7. The van der Waals surface area contributed by atoms with Gasteiger partial charge in [0.25, 0.3) is 0 Å². The zero-order valence-electron chi connectivity index (χ0n) is 14.4. The van der Waals surface area contributed by atoms with Crippen LogP contribution in [0.15, 0.2) is 47.1 Å². The van der Waals surface area contributed by atoms with Crippen LogP contribution in [0.1, 0.15) is 12.0 Å². The highest BCUT2D eigenvalue weighted by Crippen LogP contribution is 2.17. The minimum atomic E-state index is -0.0651. The van der Waals surface area contributed by atoms with Gasteiger partial charge in [0.1, 0.15) is 11.9 Å². The molecule has 7 heteroatoms. The highest BCUT2D eigenvalue weighted by Gasteiger charge is 2.18. The van der Waals surface area contributed by atoms with E-state index in [0.717, 1.165) is 36.5 Å². The molecule has 6 nitrogen and oxygen atoms in total. The summed E-state index contributed by atoms with van der Waals surface area (Å²) in [5.41, 5.74) is 1.06. The standard InChI is InChI=1S/C19H20BrN5O/c20-16-5-6-18(22-14-16)25-11-9-24(10-12-25)8-7-19(26)23-17-4-2-1-3-15(17)13-21/h1-6,14H,7-12H2,(H,23,26). The molecule has 0 spiro atoms. The van der Waals surface area contributed by atoms with E-state index in [9.17, 15) is 4.79 Å². The van der Waals surface area contributed by atoms with Crippen LogP contribution in [0, 0.1) is 11.3 Å². The number of rotatable bonds is 5. The topological polar surface area (TPSA) is 72.3 Å². The predicted octanol–water partition coefficient (Wildman–Crippen LogP) is 2.87. The Balaban J connectivity index is 1.44. The van der Waals surface area contributed by atoms with Gasteiger partial charge in [0.15, 0.2) is 0 Å². The number of nitriles is 1. The predicted molar refractivity (Wildman–Crippen MR) is 105 cm³/mol. The molecule has 2 aromatic rings. The number of carbonyl (C=O) groups is 1. The lowest BCUT2D eigenvalue weighted by molar-refractivity contribution is -0.116. The molecule has 3 rings (SSSR count). The number of aromatic nitrogens is 1. The SMILES string of the molecule is N#Cc1ccccc1NC(=O)CCN1CCN(c2ccc(Br)cn2)CC1. The third kappa shape index (κ3) is 4.81. The van der Waals surface area contributed by atoms with Crippen LogP contribution in [0.3, 0.4) is 0 Å². The molecule has 1 amide bonds. The van der Waals surface area contributed by atoms with Gasteiger partial charge in [0.2, 0.25) is 5.91 Å². The fourth-order valence-electron chi connectivity index (χ4n) is 2.92. The second-order valence-corrected chi connectivity index (χ2v) is 7.03. The molecular formula is C19H20BrN5O. The lowest BCUT2D eigenvalue weighted by Crippen LogP contribution is -2.47. The number of hydrogen-bond acceptors (Lipinski definition) is 5. The van der Waals surface area contributed by atoms with Gasteiger partial charge in [0, 0.05) is 49.8 Å². The summed E-state index contributed by atoms with van der Waals surface area (Å²) in [6, 6.07) is 13.1. The maximum Gasteiger partial charge on any atom is 0.225 e. The van der Waals surface area contributed by atoms with Crippen molar-refractivity contribution in [3.8, 4) is 6.07 Å². The number of nitrogens with one attached hydrogen (secondary N) is 1. The van der Waals surface area contributed by atoms with E-state index < -0.39 is 0 Å². The molecule has 0 unspecified atom stereocenters. The van der Waals surface area contributed by atoms with Crippen LogP contribution >= 0.6 is 15.9 Å². The van der Waals surface area contributed by atoms with E-state index in [1.165, 1.54) is 0 Å². The van der Waals surface area contributed by atoms with E-state index in [4.69, 9.17) is 5.26 Å². The molecule has 0 atom stereocenters. The molecule has 1 fully saturated rings. The Hall–Kier alpha value is -2.43. The lowest BCUT2D eigenvalue weighted by Gasteiger charge is -2.35. The van der Waals surface area contributed by atoms with Gasteiger partial charge in [-0.15, -0.1) is 0 Å². The van der Waals surface area contributed by atoms with Gasteiger partial charge in [-0.2, -0.15) is 5.26 Å². The highest BCUT2D eigenvalue weighted by atomic mass is 79.9. The summed E-state index contributed by atoms with van der Waals surface area (Å²) in [6.45, 7) is 4.31. The number of amides is 1. The number of pyridine rings is 1. The molecule has 1 saturated heterocycles. The van der Waals surface area contributed by atoms with Crippen molar-refractivity contribution in [1.29, 1.82) is 5.26 Å². The Morgan fingerprint density at radius 2 is 1.96 bits per heavy atom. The third-order valence-corrected chi connectivity index (χ3v) is 4.85. The number of nitrogens with zero attached hydrogens (tertiary/aromatic N) is 4. The summed E-state index contributed by atoms with van der Waals surface area (Å²) in [4.78, 5) is 21.1. The Morgan fingerprint density at radius 3 is 2.65 bits per heavy atom. The normalized spacial score (nSPS) is 14.7. The first kappa shape index (κ1) is 18.4. The van der Waals surface area contributed by atoms with Crippen LogP contribution in [0.4, 0.5) is 11.5 Å². The first-order valence-electron chi connectivity index (χ1n) is 8.53. The molecule has 1 aromatic carbocycles. The molecule has 1 aromatic heterocycles. The average Bonchev–Trinajstić information content (AvgIpc) is 2.68. The molecule has 1 aliphatic rings. The fraction of sp³-hybridized carbons (Fsp3) is 0.316. The van der Waals surface area contributed by atoms with Gasteiger partial charge in [0.05, 0.1) is 11.3 Å². The summed E-state index contributed by atoms with van der Waals surface area (Å²) >= 11 is 3.40. The molecule has 2 heterocycles. The second-order valence-electron chi connectivity index (χ2n) is 6.12. The minimum absolute atomic E-state index is 0.0651. The number of anilines is 2. The van der Waals surface area contributed by atoms with Crippen LogP contribution in [-0.2, 0) is 4.79 Å². The summed E-state index contributed by atoms with van der Waals surface area (Å²) in [5.74, 6) is 0.920. The second kappa shape index (κ2) is 8.79. The van der Waals surface area contributed by atoms with E-state index >= 15 is 0 Å². The number of benzene rings is 1.